The lowest BCUT2D eigenvalue weighted by Gasteiger charge is -2.31. The zero-order valence-electron chi connectivity index (χ0n) is 16.8. The van der Waals surface area contributed by atoms with E-state index in [2.05, 4.69) is 15.8 Å². The molecule has 26 heavy (non-hydrogen) atoms. The Balaban J connectivity index is 0. The number of allylic oxidation sites excluding steroid dienone is 5. The molecule has 0 aliphatic heterocycles. The summed E-state index contributed by atoms with van der Waals surface area (Å²) in [6.45, 7) is 5.93. The van der Waals surface area contributed by atoms with Gasteiger partial charge in [0.25, 0.3) is 0 Å². The minimum atomic E-state index is -1.08. The highest BCUT2D eigenvalue weighted by Crippen LogP contribution is 2.22. The van der Waals surface area contributed by atoms with Gasteiger partial charge in [0, 0.05) is 0 Å². The van der Waals surface area contributed by atoms with Gasteiger partial charge in [-0.05, 0) is 50.3 Å². The summed E-state index contributed by atoms with van der Waals surface area (Å²) in [6, 6.07) is 0. The van der Waals surface area contributed by atoms with Crippen molar-refractivity contribution in [2.45, 2.75) is 45.6 Å². The average molecular weight is 384 g/mol. The van der Waals surface area contributed by atoms with E-state index in [1.54, 1.807) is 23.9 Å². The lowest BCUT2D eigenvalue weighted by Crippen LogP contribution is -2.55. The molecule has 0 aromatic carbocycles. The van der Waals surface area contributed by atoms with Gasteiger partial charge in [0.05, 0.1) is 14.2 Å². The number of thioether (sulfide) groups is 1. The number of methoxy groups -OCH3 is 2. The van der Waals surface area contributed by atoms with Crippen molar-refractivity contribution in [1.82, 2.24) is 5.32 Å². The minimum absolute atomic E-state index is 0.429. The van der Waals surface area contributed by atoms with E-state index in [1.807, 2.05) is 51.3 Å². The van der Waals surface area contributed by atoms with Crippen LogP contribution in [0.25, 0.3) is 0 Å². The molecule has 0 aromatic rings. The molecule has 0 fully saturated rings. The molecule has 0 saturated carbocycles. The van der Waals surface area contributed by atoms with Gasteiger partial charge in [0.1, 0.15) is 5.54 Å². The largest absolute Gasteiger partial charge is 0.467 e. The molecular weight excluding hydrogens is 350 g/mol. The lowest BCUT2D eigenvalue weighted by molar-refractivity contribution is -0.148. The van der Waals surface area contributed by atoms with Gasteiger partial charge in [-0.1, -0.05) is 38.2 Å². The third-order valence-corrected chi connectivity index (χ3v) is 3.90. The van der Waals surface area contributed by atoms with E-state index in [0.29, 0.717) is 19.3 Å². The number of hydrogen-bond acceptors (Lipinski definition) is 5. The first-order chi connectivity index (χ1) is 12.6. The van der Waals surface area contributed by atoms with E-state index in [0.717, 1.165) is 5.75 Å². The Hall–Kier alpha value is -1.91. The predicted octanol–water partition coefficient (Wildman–Crippen LogP) is 4.66. The summed E-state index contributed by atoms with van der Waals surface area (Å²) >= 11 is 1.60. The molecule has 0 spiro atoms. The Kier molecular flexibility index (Phi) is 18.1. The van der Waals surface area contributed by atoms with Crippen LogP contribution >= 0.6 is 11.8 Å². The van der Waals surface area contributed by atoms with E-state index in [-0.39, 0.29) is 0 Å². The fraction of sp³-hybridized carbons (Fsp3) is 0.550. The Morgan fingerprint density at radius 3 is 2.31 bits per heavy atom. The third-order valence-electron chi connectivity index (χ3n) is 3.29. The number of alkyl carbamates (subject to hydrolysis) is 1. The number of nitrogens with one attached hydrogen (secondary N) is 1. The predicted molar refractivity (Wildman–Crippen MR) is 110 cm³/mol. The Morgan fingerprint density at radius 2 is 1.77 bits per heavy atom. The number of ether oxygens (including phenoxy) is 2. The second-order valence-corrected chi connectivity index (χ2v) is 5.91. The summed E-state index contributed by atoms with van der Waals surface area (Å²) < 4.78 is 9.56. The van der Waals surface area contributed by atoms with Crippen molar-refractivity contribution in [3.8, 4) is 0 Å². The van der Waals surface area contributed by atoms with Gasteiger partial charge in [-0.2, -0.15) is 11.8 Å². The summed E-state index contributed by atoms with van der Waals surface area (Å²) in [4.78, 5) is 23.9. The Labute approximate surface area is 162 Å². The smallest absolute Gasteiger partial charge is 0.407 e. The molecule has 0 bridgehead atoms. The van der Waals surface area contributed by atoms with Gasteiger partial charge in [-0.3, -0.25) is 0 Å². The standard InChI is InChI=1S/C18H27NO4S.C2H6/c1-5-6-7-8-9-10-11-12-13-18(14-15-24-4,16(20)22-2)19-17(21)23-3;1-2/h5-7,9-11H,12-15H2,1-4H3,(H,19,21);1-2H3/b6-5-,11-10+;. The topological polar surface area (TPSA) is 64.6 Å². The minimum Gasteiger partial charge on any atom is -0.467 e. The SMILES string of the molecule is C/C=C\C=C=C/C=C/CCC(CCSC)(NC(=O)OC)C(=O)OC.CC. The molecule has 1 N–H and O–H groups in total. The van der Waals surface area contributed by atoms with Crippen molar-refractivity contribution in [1.29, 1.82) is 0 Å². The Morgan fingerprint density at radius 1 is 1.12 bits per heavy atom. The number of amides is 1. The van der Waals surface area contributed by atoms with Crippen LogP contribution in [0.5, 0.6) is 0 Å². The number of esters is 1. The monoisotopic (exact) mass is 383 g/mol. The van der Waals surface area contributed by atoms with Crippen molar-refractivity contribution in [2.75, 3.05) is 26.2 Å². The molecule has 6 heteroatoms. The van der Waals surface area contributed by atoms with Crippen LogP contribution in [-0.2, 0) is 14.3 Å². The van der Waals surface area contributed by atoms with E-state index < -0.39 is 17.6 Å². The van der Waals surface area contributed by atoms with E-state index in [4.69, 9.17) is 4.74 Å². The van der Waals surface area contributed by atoms with Crippen molar-refractivity contribution in [2.24, 2.45) is 0 Å². The molecule has 0 heterocycles. The molecule has 0 aliphatic rings. The van der Waals surface area contributed by atoms with Crippen LogP contribution in [0, 0.1) is 0 Å². The van der Waals surface area contributed by atoms with Gasteiger partial charge in [0.2, 0.25) is 0 Å². The number of hydrogen-bond donors (Lipinski definition) is 1. The van der Waals surface area contributed by atoms with Crippen LogP contribution in [0.3, 0.4) is 0 Å². The quantitative estimate of drug-likeness (QED) is 0.338. The summed E-state index contributed by atoms with van der Waals surface area (Å²) in [5.41, 5.74) is 1.90. The molecule has 1 unspecified atom stereocenters. The highest BCUT2D eigenvalue weighted by Gasteiger charge is 2.40. The first-order valence-electron chi connectivity index (χ1n) is 8.68. The van der Waals surface area contributed by atoms with E-state index >= 15 is 0 Å². The van der Waals surface area contributed by atoms with Crippen LogP contribution in [0.1, 0.15) is 40.0 Å². The number of rotatable bonds is 10. The van der Waals surface area contributed by atoms with Gasteiger partial charge >= 0.3 is 12.1 Å². The number of carbonyl (C=O) groups excluding carboxylic acids is 2. The fourth-order valence-electron chi connectivity index (χ4n) is 1.98. The molecule has 148 valence electrons. The summed E-state index contributed by atoms with van der Waals surface area (Å²) in [5, 5.41) is 2.66. The first kappa shape index (κ1) is 26.3. The fourth-order valence-corrected chi connectivity index (χ4v) is 2.53. The van der Waals surface area contributed by atoms with Gasteiger partial charge in [-0.25, -0.2) is 9.59 Å². The molecule has 0 aromatic heterocycles. The highest BCUT2D eigenvalue weighted by molar-refractivity contribution is 7.98. The zero-order valence-corrected chi connectivity index (χ0v) is 17.7. The third kappa shape index (κ3) is 11.6. The van der Waals surface area contributed by atoms with Crippen LogP contribution in [0.2, 0.25) is 0 Å². The maximum absolute atomic E-state index is 12.3. The summed E-state index contributed by atoms with van der Waals surface area (Å²) in [7, 11) is 2.59. The van der Waals surface area contributed by atoms with Crippen LogP contribution in [0.15, 0.2) is 42.2 Å². The maximum atomic E-state index is 12.3. The second kappa shape index (κ2) is 17.9. The highest BCUT2D eigenvalue weighted by atomic mass is 32.2. The lowest BCUT2D eigenvalue weighted by atomic mass is 9.90. The van der Waals surface area contributed by atoms with Crippen molar-refractivity contribution < 1.29 is 19.1 Å². The average Bonchev–Trinajstić information content (AvgIpc) is 2.68. The molecule has 1 atom stereocenters. The molecule has 0 rings (SSSR count). The van der Waals surface area contributed by atoms with Crippen molar-refractivity contribution in [3.05, 3.63) is 42.2 Å². The summed E-state index contributed by atoms with van der Waals surface area (Å²) in [6.07, 6.45) is 14.0. The van der Waals surface area contributed by atoms with Gasteiger partial charge in [0.15, 0.2) is 0 Å². The maximum Gasteiger partial charge on any atom is 0.407 e. The molecule has 0 radical (unpaired) electrons. The van der Waals surface area contributed by atoms with E-state index in [9.17, 15) is 9.59 Å². The Bertz CT molecular complexity index is 508. The number of carbonyl (C=O) groups is 2. The van der Waals surface area contributed by atoms with Crippen molar-refractivity contribution in [3.63, 3.8) is 0 Å². The second-order valence-electron chi connectivity index (χ2n) is 4.93. The molecule has 1 amide bonds. The molecule has 5 nitrogen and oxygen atoms in total. The first-order valence-corrected chi connectivity index (χ1v) is 10.1. The van der Waals surface area contributed by atoms with Crippen LogP contribution in [0.4, 0.5) is 4.79 Å². The zero-order chi connectivity index (χ0) is 20.3. The molecule has 0 aliphatic carbocycles. The van der Waals surface area contributed by atoms with Crippen LogP contribution < -0.4 is 5.32 Å². The van der Waals surface area contributed by atoms with Crippen LogP contribution in [-0.4, -0.2) is 43.8 Å². The van der Waals surface area contributed by atoms with Gasteiger partial charge < -0.3 is 14.8 Å². The van der Waals surface area contributed by atoms with Crippen molar-refractivity contribution >= 4 is 23.8 Å². The molecule has 0 saturated heterocycles. The molecular formula is C20H33NO4S. The normalized spacial score (nSPS) is 12.4. The summed E-state index contributed by atoms with van der Waals surface area (Å²) in [5.74, 6) is 0.258. The van der Waals surface area contributed by atoms with E-state index in [1.165, 1.54) is 14.2 Å². The van der Waals surface area contributed by atoms with Gasteiger partial charge in [-0.15, -0.1) is 5.73 Å².